The molecule has 8 nitrogen and oxygen atoms in total. The Kier molecular flexibility index (Phi) is 12.9. The van der Waals surface area contributed by atoms with Crippen LogP contribution in [-0.4, -0.2) is 43.5 Å². The maximum atomic E-state index is 12.6. The third-order valence-electron chi connectivity index (χ3n) is 4.53. The number of aliphatic imine (C=N–C) groups is 1. The summed E-state index contributed by atoms with van der Waals surface area (Å²) in [6.07, 6.45) is 7.57. The van der Waals surface area contributed by atoms with Crippen molar-refractivity contribution in [2.45, 2.75) is 57.4 Å². The van der Waals surface area contributed by atoms with Gasteiger partial charge in [-0.3, -0.25) is 14.6 Å². The van der Waals surface area contributed by atoms with E-state index in [0.29, 0.717) is 31.5 Å². The van der Waals surface area contributed by atoms with Gasteiger partial charge in [0.1, 0.15) is 6.04 Å². The molecule has 8 heteroatoms. The van der Waals surface area contributed by atoms with Crippen molar-refractivity contribution in [3.8, 4) is 0 Å². The molecule has 0 aromatic heterocycles. The summed E-state index contributed by atoms with van der Waals surface area (Å²) in [5, 5.41) is 5.76. The van der Waals surface area contributed by atoms with Crippen LogP contribution in [0.1, 0.15) is 61.7 Å². The number of nitrogens with zero attached hydrogens (tertiary/aromatic N) is 1. The minimum atomic E-state index is -0.624. The first-order valence-electron chi connectivity index (χ1n) is 10.4. The number of nitrogens with two attached hydrogens (primary N) is 3. The number of carbonyl (C=O) groups is 2. The van der Waals surface area contributed by atoms with E-state index in [2.05, 4.69) is 15.6 Å². The zero-order valence-electron chi connectivity index (χ0n) is 17.2. The van der Waals surface area contributed by atoms with Crippen LogP contribution in [0.25, 0.3) is 0 Å². The van der Waals surface area contributed by atoms with E-state index >= 15 is 0 Å². The molecule has 8 N–H and O–H groups in total. The van der Waals surface area contributed by atoms with E-state index in [1.165, 1.54) is 6.42 Å². The van der Waals surface area contributed by atoms with E-state index in [-0.39, 0.29) is 17.8 Å². The van der Waals surface area contributed by atoms with Gasteiger partial charge < -0.3 is 27.8 Å². The van der Waals surface area contributed by atoms with Crippen molar-refractivity contribution in [1.29, 1.82) is 0 Å². The molecule has 0 unspecified atom stereocenters. The molecule has 0 aliphatic rings. The quantitative estimate of drug-likeness (QED) is 0.169. The van der Waals surface area contributed by atoms with Gasteiger partial charge in [0.25, 0.3) is 5.91 Å². The summed E-state index contributed by atoms with van der Waals surface area (Å²) >= 11 is 0. The normalized spacial score (nSPS) is 11.5. The molecule has 1 atom stereocenters. The Labute approximate surface area is 173 Å². The lowest BCUT2D eigenvalue weighted by atomic mass is 10.1. The lowest BCUT2D eigenvalue weighted by molar-refractivity contribution is -0.123. The van der Waals surface area contributed by atoms with Crippen LogP contribution in [0, 0.1) is 0 Å². The van der Waals surface area contributed by atoms with E-state index in [1.54, 1.807) is 24.3 Å². The number of nitrogens with one attached hydrogen (secondary N) is 2. The fraction of sp³-hybridized carbons (Fsp3) is 0.571. The van der Waals surface area contributed by atoms with Crippen molar-refractivity contribution >= 4 is 17.8 Å². The number of benzene rings is 1. The molecule has 1 aromatic carbocycles. The van der Waals surface area contributed by atoms with Crippen molar-refractivity contribution < 1.29 is 9.59 Å². The van der Waals surface area contributed by atoms with Crippen molar-refractivity contribution in [2.24, 2.45) is 22.2 Å². The Bertz CT molecular complexity index is 617. The molecule has 0 fully saturated rings. The highest BCUT2D eigenvalue weighted by atomic mass is 16.2. The summed E-state index contributed by atoms with van der Waals surface area (Å²) in [5.41, 5.74) is 16.7. The number of rotatable bonds is 15. The second kappa shape index (κ2) is 15.3. The fourth-order valence-corrected chi connectivity index (χ4v) is 2.91. The number of hydrogen-bond acceptors (Lipinski definition) is 4. The number of guanidine groups is 1. The standard InChI is InChI=1S/C21H36N6O2/c22-14-8-3-1-2-4-9-15-25-20(29)18(13-10-16-26-21(23)24)27-19(28)17-11-6-5-7-12-17/h5-7,11-12,18H,1-4,8-10,13-16,22H2,(H,25,29)(H,27,28)(H4,23,24,26)/t18-/m0/s1. The van der Waals surface area contributed by atoms with Crippen LogP contribution >= 0.6 is 0 Å². The molecule has 0 bridgehead atoms. The third-order valence-corrected chi connectivity index (χ3v) is 4.53. The molecule has 2 amide bonds. The van der Waals surface area contributed by atoms with Gasteiger partial charge in [-0.1, -0.05) is 43.9 Å². The van der Waals surface area contributed by atoms with Crippen molar-refractivity contribution in [1.82, 2.24) is 10.6 Å². The Balaban J connectivity index is 2.45. The van der Waals surface area contributed by atoms with Gasteiger partial charge in [0.2, 0.25) is 5.91 Å². The molecular formula is C21H36N6O2. The number of amides is 2. The Hall–Kier alpha value is -2.61. The summed E-state index contributed by atoms with van der Waals surface area (Å²) in [6.45, 7) is 1.76. The molecule has 0 aliphatic heterocycles. The monoisotopic (exact) mass is 404 g/mol. The van der Waals surface area contributed by atoms with Crippen LogP contribution in [0.2, 0.25) is 0 Å². The average molecular weight is 405 g/mol. The lowest BCUT2D eigenvalue weighted by Crippen LogP contribution is -2.47. The van der Waals surface area contributed by atoms with E-state index in [1.807, 2.05) is 6.07 Å². The topological polar surface area (TPSA) is 149 Å². The van der Waals surface area contributed by atoms with E-state index < -0.39 is 6.04 Å². The van der Waals surface area contributed by atoms with E-state index in [9.17, 15) is 9.59 Å². The molecule has 0 saturated carbocycles. The zero-order chi connectivity index (χ0) is 21.3. The molecule has 0 saturated heterocycles. The second-order valence-electron chi connectivity index (χ2n) is 7.04. The molecule has 162 valence electrons. The smallest absolute Gasteiger partial charge is 0.251 e. The van der Waals surface area contributed by atoms with Crippen molar-refractivity contribution in [2.75, 3.05) is 19.6 Å². The first kappa shape index (κ1) is 24.4. The lowest BCUT2D eigenvalue weighted by Gasteiger charge is -2.18. The van der Waals surface area contributed by atoms with Gasteiger partial charge in [0, 0.05) is 18.7 Å². The van der Waals surface area contributed by atoms with Crippen molar-refractivity contribution in [3.63, 3.8) is 0 Å². The van der Waals surface area contributed by atoms with Crippen LogP contribution in [0.3, 0.4) is 0 Å². The Morgan fingerprint density at radius 3 is 2.24 bits per heavy atom. The van der Waals surface area contributed by atoms with Gasteiger partial charge in [-0.25, -0.2) is 0 Å². The summed E-state index contributed by atoms with van der Waals surface area (Å²) < 4.78 is 0. The summed E-state index contributed by atoms with van der Waals surface area (Å²) in [4.78, 5) is 29.0. The predicted octanol–water partition coefficient (Wildman–Crippen LogP) is 1.25. The number of hydrogen-bond donors (Lipinski definition) is 5. The van der Waals surface area contributed by atoms with E-state index in [4.69, 9.17) is 17.2 Å². The molecule has 1 aromatic rings. The minimum Gasteiger partial charge on any atom is -0.370 e. The molecule has 1 rings (SSSR count). The predicted molar refractivity (Wildman–Crippen MR) is 117 cm³/mol. The second-order valence-corrected chi connectivity index (χ2v) is 7.04. The fourth-order valence-electron chi connectivity index (χ4n) is 2.91. The highest BCUT2D eigenvalue weighted by molar-refractivity contribution is 5.97. The largest absolute Gasteiger partial charge is 0.370 e. The van der Waals surface area contributed by atoms with Gasteiger partial charge in [0.15, 0.2) is 5.96 Å². The number of carbonyl (C=O) groups excluding carboxylic acids is 2. The van der Waals surface area contributed by atoms with Crippen LogP contribution in [0.4, 0.5) is 0 Å². The molecule has 29 heavy (non-hydrogen) atoms. The van der Waals surface area contributed by atoms with Crippen molar-refractivity contribution in [3.05, 3.63) is 35.9 Å². The highest BCUT2D eigenvalue weighted by Crippen LogP contribution is 2.06. The SMILES string of the molecule is NCCCCCCCCNC(=O)[C@H](CCCN=C(N)N)NC(=O)c1ccccc1. The Morgan fingerprint density at radius 1 is 0.931 bits per heavy atom. The third kappa shape index (κ3) is 11.7. The first-order valence-corrected chi connectivity index (χ1v) is 10.4. The number of unbranched alkanes of at least 4 members (excludes halogenated alkanes) is 5. The Morgan fingerprint density at radius 2 is 1.59 bits per heavy atom. The molecule has 0 heterocycles. The van der Waals surface area contributed by atoms with Crippen LogP contribution in [0.15, 0.2) is 35.3 Å². The summed E-state index contributed by atoms with van der Waals surface area (Å²) in [6, 6.07) is 8.23. The maximum Gasteiger partial charge on any atom is 0.251 e. The summed E-state index contributed by atoms with van der Waals surface area (Å²) in [7, 11) is 0. The maximum absolute atomic E-state index is 12.6. The van der Waals surface area contributed by atoms with Crippen LogP contribution in [0.5, 0.6) is 0 Å². The van der Waals surface area contributed by atoms with E-state index in [0.717, 1.165) is 38.6 Å². The first-order chi connectivity index (χ1) is 14.0. The molecule has 0 spiro atoms. The summed E-state index contributed by atoms with van der Waals surface area (Å²) in [5.74, 6) is -0.430. The van der Waals surface area contributed by atoms with Gasteiger partial charge in [-0.15, -0.1) is 0 Å². The molecular weight excluding hydrogens is 368 g/mol. The van der Waals surface area contributed by atoms with Gasteiger partial charge in [0.05, 0.1) is 0 Å². The molecule has 0 radical (unpaired) electrons. The highest BCUT2D eigenvalue weighted by Gasteiger charge is 2.20. The zero-order valence-corrected chi connectivity index (χ0v) is 17.2. The van der Waals surface area contributed by atoms with Gasteiger partial charge >= 0.3 is 0 Å². The molecule has 0 aliphatic carbocycles. The van der Waals surface area contributed by atoms with Gasteiger partial charge in [-0.2, -0.15) is 0 Å². The average Bonchev–Trinajstić information content (AvgIpc) is 2.72. The minimum absolute atomic E-state index is 0.0192. The van der Waals surface area contributed by atoms with Crippen LogP contribution < -0.4 is 27.8 Å². The van der Waals surface area contributed by atoms with Gasteiger partial charge in [-0.05, 0) is 44.4 Å². The van der Waals surface area contributed by atoms with Crippen LogP contribution in [-0.2, 0) is 4.79 Å².